The van der Waals surface area contributed by atoms with E-state index in [9.17, 15) is 0 Å². The van der Waals surface area contributed by atoms with Gasteiger partial charge in [-0.15, -0.1) is 16.4 Å². The zero-order valence-electron chi connectivity index (χ0n) is 11.9. The van der Waals surface area contributed by atoms with Gasteiger partial charge in [-0.25, -0.2) is 0 Å². The van der Waals surface area contributed by atoms with Crippen LogP contribution < -0.4 is 10.2 Å². The Morgan fingerprint density at radius 3 is 3.14 bits per heavy atom. The molecule has 0 radical (unpaired) electrons. The number of nitrogens with zero attached hydrogens (tertiary/aromatic N) is 3. The van der Waals surface area contributed by atoms with Crippen LogP contribution in [-0.4, -0.2) is 40.9 Å². The van der Waals surface area contributed by atoms with Crippen molar-refractivity contribution in [2.75, 3.05) is 24.5 Å². The number of aromatic nitrogens is 3. The number of hydrogen-bond donors (Lipinski definition) is 2. The van der Waals surface area contributed by atoms with Crippen LogP contribution in [0, 0.1) is 12.8 Å². The van der Waals surface area contributed by atoms with Gasteiger partial charge in [-0.1, -0.05) is 11.6 Å². The number of anilines is 1. The molecule has 2 saturated heterocycles. The number of halogens is 1. The highest BCUT2D eigenvalue weighted by Crippen LogP contribution is 2.36. The minimum absolute atomic E-state index is 0.531. The minimum Gasteiger partial charge on any atom is -0.335 e. The normalized spacial score (nSPS) is 25.3. The summed E-state index contributed by atoms with van der Waals surface area (Å²) in [7, 11) is 0. The number of aryl methyl sites for hydroxylation is 1. The number of fused-ring (bicyclic) bond motifs is 1. The topological polar surface area (TPSA) is 56.8 Å². The highest BCUT2D eigenvalue weighted by atomic mass is 35.5. The van der Waals surface area contributed by atoms with Crippen molar-refractivity contribution in [1.82, 2.24) is 20.5 Å². The Labute approximate surface area is 132 Å². The summed E-state index contributed by atoms with van der Waals surface area (Å²) in [4.78, 5) is 8.02. The summed E-state index contributed by atoms with van der Waals surface area (Å²) in [6.45, 7) is 5.21. The van der Waals surface area contributed by atoms with E-state index < -0.39 is 0 Å². The van der Waals surface area contributed by atoms with Gasteiger partial charge < -0.3 is 10.2 Å². The molecule has 0 aromatic carbocycles. The molecule has 2 fully saturated rings. The summed E-state index contributed by atoms with van der Waals surface area (Å²) in [5.41, 5.74) is 1.09. The van der Waals surface area contributed by atoms with Crippen molar-refractivity contribution < 1.29 is 0 Å². The summed E-state index contributed by atoms with van der Waals surface area (Å²) >= 11 is 7.94. The molecule has 2 aromatic heterocycles. The van der Waals surface area contributed by atoms with Gasteiger partial charge in [0.05, 0.1) is 9.90 Å². The van der Waals surface area contributed by atoms with Crippen LogP contribution in [0.5, 0.6) is 0 Å². The molecule has 0 spiro atoms. The van der Waals surface area contributed by atoms with Crippen molar-refractivity contribution in [2.45, 2.75) is 25.8 Å². The van der Waals surface area contributed by atoms with Crippen molar-refractivity contribution in [2.24, 2.45) is 5.92 Å². The molecule has 2 atom stereocenters. The zero-order chi connectivity index (χ0) is 14.4. The number of hydrogen-bond acceptors (Lipinski definition) is 5. The molecule has 4 heterocycles. The molecule has 0 amide bonds. The Kier molecular flexibility index (Phi) is 3.40. The first kappa shape index (κ1) is 13.5. The fourth-order valence-electron chi connectivity index (χ4n) is 3.39. The van der Waals surface area contributed by atoms with Crippen LogP contribution >= 0.6 is 22.9 Å². The molecule has 2 unspecified atom stereocenters. The minimum atomic E-state index is 0.531. The van der Waals surface area contributed by atoms with Crippen molar-refractivity contribution in [3.63, 3.8) is 0 Å². The smallest absolute Gasteiger partial charge is 0.245 e. The van der Waals surface area contributed by atoms with Gasteiger partial charge in [0.15, 0.2) is 5.82 Å². The number of thiophene rings is 1. The van der Waals surface area contributed by atoms with Gasteiger partial charge in [0.1, 0.15) is 0 Å². The molecular formula is C14H18ClN5S. The van der Waals surface area contributed by atoms with Crippen LogP contribution in [-0.2, 0) is 0 Å². The number of H-pyrrole nitrogens is 1. The third kappa shape index (κ3) is 2.25. The fraction of sp³-hybridized carbons (Fsp3) is 0.571. The number of rotatable bonds is 2. The second-order valence-electron chi connectivity index (χ2n) is 5.87. The average Bonchev–Trinajstić information content (AvgIpc) is 3.20. The third-order valence-corrected chi connectivity index (χ3v) is 6.23. The zero-order valence-corrected chi connectivity index (χ0v) is 13.5. The van der Waals surface area contributed by atoms with Crippen LogP contribution in [0.25, 0.3) is 10.7 Å². The summed E-state index contributed by atoms with van der Waals surface area (Å²) in [6.07, 6.45) is 2.52. The Bertz CT molecular complexity index is 652. The lowest BCUT2D eigenvalue weighted by molar-refractivity contribution is 0.381. The second-order valence-corrected chi connectivity index (χ2v) is 7.12. The average molecular weight is 324 g/mol. The second kappa shape index (κ2) is 5.26. The van der Waals surface area contributed by atoms with E-state index in [0.717, 1.165) is 52.8 Å². The molecule has 112 valence electrons. The lowest BCUT2D eigenvalue weighted by Gasteiger charge is -2.36. The molecule has 2 N–H and O–H groups in total. The van der Waals surface area contributed by atoms with E-state index in [1.807, 2.05) is 6.92 Å². The first-order valence-electron chi connectivity index (χ1n) is 7.38. The quantitative estimate of drug-likeness (QED) is 0.892. The van der Waals surface area contributed by atoms with E-state index in [-0.39, 0.29) is 0 Å². The maximum atomic E-state index is 6.33. The molecule has 0 aliphatic carbocycles. The maximum Gasteiger partial charge on any atom is 0.245 e. The van der Waals surface area contributed by atoms with E-state index in [2.05, 4.69) is 25.8 Å². The van der Waals surface area contributed by atoms with Crippen LogP contribution in [0.4, 0.5) is 5.95 Å². The van der Waals surface area contributed by atoms with Gasteiger partial charge >= 0.3 is 0 Å². The van der Waals surface area contributed by atoms with E-state index in [4.69, 9.17) is 16.6 Å². The lowest BCUT2D eigenvalue weighted by atomic mass is 9.92. The Hall–Kier alpha value is -1.11. The largest absolute Gasteiger partial charge is 0.335 e. The summed E-state index contributed by atoms with van der Waals surface area (Å²) < 4.78 is 0. The van der Waals surface area contributed by atoms with Gasteiger partial charge in [0.25, 0.3) is 0 Å². The number of nitrogens with one attached hydrogen (secondary N) is 2. The lowest BCUT2D eigenvalue weighted by Crippen LogP contribution is -2.45. The van der Waals surface area contributed by atoms with Gasteiger partial charge in [-0.3, -0.25) is 5.10 Å². The van der Waals surface area contributed by atoms with Crippen LogP contribution in [0.15, 0.2) is 5.38 Å². The molecule has 0 saturated carbocycles. The van der Waals surface area contributed by atoms with Crippen molar-refractivity contribution in [3.8, 4) is 10.7 Å². The molecule has 2 aliphatic heterocycles. The van der Waals surface area contributed by atoms with Crippen molar-refractivity contribution in [3.05, 3.63) is 16.0 Å². The highest BCUT2D eigenvalue weighted by molar-refractivity contribution is 7.14. The summed E-state index contributed by atoms with van der Waals surface area (Å²) in [6, 6.07) is 0.531. The maximum absolute atomic E-state index is 6.33. The Morgan fingerprint density at radius 1 is 1.43 bits per heavy atom. The first-order valence-corrected chi connectivity index (χ1v) is 8.63. The van der Waals surface area contributed by atoms with Crippen molar-refractivity contribution in [1.29, 1.82) is 0 Å². The van der Waals surface area contributed by atoms with E-state index >= 15 is 0 Å². The number of aromatic amines is 1. The van der Waals surface area contributed by atoms with Crippen LogP contribution in [0.1, 0.15) is 18.4 Å². The predicted octanol–water partition coefficient (Wildman–Crippen LogP) is 2.68. The van der Waals surface area contributed by atoms with Gasteiger partial charge in [0, 0.05) is 25.7 Å². The molecule has 7 heteroatoms. The fourth-order valence-corrected chi connectivity index (χ4v) is 4.61. The monoisotopic (exact) mass is 323 g/mol. The summed E-state index contributed by atoms with van der Waals surface area (Å²) in [5, 5.41) is 13.8. The molecule has 2 aliphatic rings. The standard InChI is InChI=1S/C14H18ClN5S/c1-8-7-21-12(11(8)15)13-17-14(19-18-13)20-4-2-3-9-5-16-6-10(9)20/h7,9-10,16H,2-6H2,1H3,(H,17,18,19). The SMILES string of the molecule is Cc1csc(-c2nc(N3CCCC4CNCC43)n[nH]2)c1Cl. The van der Waals surface area contributed by atoms with Crippen LogP contribution in [0.3, 0.4) is 0 Å². The van der Waals surface area contributed by atoms with Gasteiger partial charge in [-0.2, -0.15) is 4.98 Å². The van der Waals surface area contributed by atoms with Gasteiger partial charge in [-0.05, 0) is 36.6 Å². The van der Waals surface area contributed by atoms with E-state index in [0.29, 0.717) is 6.04 Å². The predicted molar refractivity (Wildman–Crippen MR) is 86.2 cm³/mol. The first-order chi connectivity index (χ1) is 10.2. The summed E-state index contributed by atoms with van der Waals surface area (Å²) in [5.74, 6) is 2.32. The molecule has 21 heavy (non-hydrogen) atoms. The van der Waals surface area contributed by atoms with Crippen molar-refractivity contribution >= 4 is 28.9 Å². The van der Waals surface area contributed by atoms with E-state index in [1.54, 1.807) is 11.3 Å². The number of piperidine rings is 1. The van der Waals surface area contributed by atoms with Gasteiger partial charge in [0.2, 0.25) is 5.95 Å². The Balaban J connectivity index is 1.63. The Morgan fingerprint density at radius 2 is 2.33 bits per heavy atom. The van der Waals surface area contributed by atoms with Crippen LogP contribution in [0.2, 0.25) is 5.02 Å². The van der Waals surface area contributed by atoms with E-state index in [1.165, 1.54) is 12.8 Å². The molecule has 2 aromatic rings. The molecular weight excluding hydrogens is 306 g/mol. The molecule has 0 bridgehead atoms. The molecule has 4 rings (SSSR count). The molecule has 5 nitrogen and oxygen atoms in total. The highest BCUT2D eigenvalue weighted by Gasteiger charge is 2.36. The third-order valence-electron chi connectivity index (χ3n) is 4.52.